The number of rotatable bonds is 5. The largest absolute Gasteiger partial charge is 0.464 e. The molecule has 0 aliphatic heterocycles. The fourth-order valence-corrected chi connectivity index (χ4v) is 2.81. The monoisotopic (exact) mass is 348 g/mol. The minimum absolute atomic E-state index is 0.0531. The summed E-state index contributed by atoms with van der Waals surface area (Å²) in [6.07, 6.45) is 4.26. The van der Waals surface area contributed by atoms with E-state index in [-0.39, 0.29) is 29.2 Å². The van der Waals surface area contributed by atoms with E-state index >= 15 is 0 Å². The first-order valence-electron chi connectivity index (χ1n) is 8.00. The van der Waals surface area contributed by atoms with Crippen molar-refractivity contribution in [2.75, 3.05) is 17.7 Å². The van der Waals surface area contributed by atoms with E-state index in [9.17, 15) is 13.6 Å². The van der Waals surface area contributed by atoms with Crippen LogP contribution >= 0.6 is 0 Å². The van der Waals surface area contributed by atoms with Gasteiger partial charge in [-0.1, -0.05) is 12.8 Å². The van der Waals surface area contributed by atoms with E-state index in [0.717, 1.165) is 43.9 Å². The molecule has 2 aromatic rings. The predicted molar refractivity (Wildman–Crippen MR) is 88.9 cm³/mol. The van der Waals surface area contributed by atoms with Crippen molar-refractivity contribution in [2.24, 2.45) is 0 Å². The molecule has 0 unspecified atom stereocenters. The van der Waals surface area contributed by atoms with Crippen LogP contribution in [-0.2, 0) is 4.74 Å². The number of hydrogen-bond donors (Lipinski definition) is 2. The van der Waals surface area contributed by atoms with Crippen molar-refractivity contribution in [3.63, 3.8) is 0 Å². The van der Waals surface area contributed by atoms with Crippen molar-refractivity contribution < 1.29 is 18.3 Å². The summed E-state index contributed by atoms with van der Waals surface area (Å²) in [5, 5.41) is 5.98. The van der Waals surface area contributed by atoms with Crippen LogP contribution in [0.4, 0.5) is 26.2 Å². The second kappa shape index (κ2) is 7.42. The van der Waals surface area contributed by atoms with Gasteiger partial charge in [0.1, 0.15) is 17.5 Å². The maximum atomic E-state index is 13.3. The Morgan fingerprint density at radius 3 is 2.44 bits per heavy atom. The fraction of sp³-hybridized carbons (Fsp3) is 0.353. The van der Waals surface area contributed by atoms with E-state index in [1.165, 1.54) is 13.2 Å². The van der Waals surface area contributed by atoms with Crippen molar-refractivity contribution in [1.82, 2.24) is 9.97 Å². The van der Waals surface area contributed by atoms with Gasteiger partial charge in [-0.2, -0.15) is 4.98 Å². The van der Waals surface area contributed by atoms with E-state index in [1.807, 2.05) is 0 Å². The lowest BCUT2D eigenvalue weighted by Crippen LogP contribution is -2.18. The number of carbonyl (C=O) groups excluding carboxylic acids is 1. The van der Waals surface area contributed by atoms with Gasteiger partial charge in [-0.3, -0.25) is 0 Å². The van der Waals surface area contributed by atoms with Gasteiger partial charge in [-0.15, -0.1) is 0 Å². The molecular formula is C17H18F2N4O2. The second-order valence-corrected chi connectivity index (χ2v) is 5.86. The molecule has 3 rings (SSSR count). The van der Waals surface area contributed by atoms with E-state index in [4.69, 9.17) is 4.74 Å². The molecule has 1 heterocycles. The van der Waals surface area contributed by atoms with Gasteiger partial charge in [0.05, 0.1) is 7.11 Å². The minimum Gasteiger partial charge on any atom is -0.464 e. The molecule has 1 saturated carbocycles. The van der Waals surface area contributed by atoms with Crippen LogP contribution in [0.3, 0.4) is 0 Å². The highest BCUT2D eigenvalue weighted by atomic mass is 19.1. The van der Waals surface area contributed by atoms with Crippen LogP contribution in [-0.4, -0.2) is 29.1 Å². The summed E-state index contributed by atoms with van der Waals surface area (Å²) in [6, 6.07) is 4.65. The van der Waals surface area contributed by atoms with Gasteiger partial charge in [0.2, 0.25) is 5.95 Å². The molecule has 0 radical (unpaired) electrons. The highest BCUT2D eigenvalue weighted by Gasteiger charge is 2.18. The summed E-state index contributed by atoms with van der Waals surface area (Å²) in [7, 11) is 1.25. The molecule has 1 aromatic heterocycles. The van der Waals surface area contributed by atoms with E-state index in [1.54, 1.807) is 0 Å². The number of esters is 1. The molecule has 0 bridgehead atoms. The first-order valence-corrected chi connectivity index (χ1v) is 8.00. The lowest BCUT2D eigenvalue weighted by Gasteiger charge is -2.14. The number of nitrogens with zero attached hydrogens (tertiary/aromatic N) is 2. The molecule has 8 heteroatoms. The molecule has 2 N–H and O–H groups in total. The summed E-state index contributed by atoms with van der Waals surface area (Å²) in [5.41, 5.74) is 0.233. The number of ether oxygens (including phenoxy) is 1. The number of benzene rings is 1. The van der Waals surface area contributed by atoms with Crippen LogP contribution in [0.15, 0.2) is 24.3 Å². The molecule has 1 aliphatic rings. The predicted octanol–water partition coefficient (Wildman–Crippen LogP) is 3.64. The lowest BCUT2D eigenvalue weighted by molar-refractivity contribution is 0.0594. The molecule has 1 fully saturated rings. The van der Waals surface area contributed by atoms with Crippen molar-refractivity contribution in [3.8, 4) is 0 Å². The van der Waals surface area contributed by atoms with Crippen LogP contribution in [0, 0.1) is 11.6 Å². The highest BCUT2D eigenvalue weighted by Crippen LogP contribution is 2.23. The molecule has 132 valence electrons. The van der Waals surface area contributed by atoms with Gasteiger partial charge >= 0.3 is 5.97 Å². The molecular weight excluding hydrogens is 330 g/mol. The zero-order valence-corrected chi connectivity index (χ0v) is 13.7. The number of carbonyl (C=O) groups is 1. The number of nitrogens with one attached hydrogen (secondary N) is 2. The topological polar surface area (TPSA) is 76.1 Å². The number of halogens is 2. The first kappa shape index (κ1) is 17.1. The smallest absolute Gasteiger partial charge is 0.356 e. The zero-order chi connectivity index (χ0) is 17.8. The van der Waals surface area contributed by atoms with Crippen LogP contribution in [0.1, 0.15) is 36.2 Å². The van der Waals surface area contributed by atoms with Crippen LogP contribution in [0.2, 0.25) is 0 Å². The third kappa shape index (κ3) is 4.40. The third-order valence-electron chi connectivity index (χ3n) is 3.94. The first-order chi connectivity index (χ1) is 12.0. The van der Waals surface area contributed by atoms with Crippen molar-refractivity contribution in [3.05, 3.63) is 41.6 Å². The van der Waals surface area contributed by atoms with Gasteiger partial charge in [-0.05, 0) is 25.0 Å². The number of methoxy groups -OCH3 is 1. The number of hydrogen-bond acceptors (Lipinski definition) is 6. The molecule has 0 saturated heterocycles. The Bertz CT molecular complexity index is 759. The average Bonchev–Trinajstić information content (AvgIpc) is 3.05. The molecule has 0 spiro atoms. The molecule has 25 heavy (non-hydrogen) atoms. The quantitative estimate of drug-likeness (QED) is 0.804. The lowest BCUT2D eigenvalue weighted by atomic mass is 10.2. The summed E-state index contributed by atoms with van der Waals surface area (Å²) < 4.78 is 31.4. The molecule has 1 aromatic carbocycles. The average molecular weight is 348 g/mol. The van der Waals surface area contributed by atoms with Crippen LogP contribution in [0.5, 0.6) is 0 Å². The van der Waals surface area contributed by atoms with Gasteiger partial charge < -0.3 is 15.4 Å². The fourth-order valence-electron chi connectivity index (χ4n) is 2.81. The summed E-state index contributed by atoms with van der Waals surface area (Å²) >= 11 is 0. The minimum atomic E-state index is -0.714. The Balaban J connectivity index is 1.89. The van der Waals surface area contributed by atoms with E-state index in [0.29, 0.717) is 0 Å². The Morgan fingerprint density at radius 2 is 1.80 bits per heavy atom. The third-order valence-corrected chi connectivity index (χ3v) is 3.94. The van der Waals surface area contributed by atoms with E-state index in [2.05, 4.69) is 20.6 Å². The molecule has 0 atom stereocenters. The van der Waals surface area contributed by atoms with Crippen molar-refractivity contribution in [1.29, 1.82) is 0 Å². The van der Waals surface area contributed by atoms with Gasteiger partial charge in [-0.25, -0.2) is 18.6 Å². The SMILES string of the molecule is COC(=O)c1cc(Nc2cc(F)cc(F)c2)nc(NC2CCCC2)n1. The summed E-state index contributed by atoms with van der Waals surface area (Å²) in [5.74, 6) is -1.54. The van der Waals surface area contributed by atoms with Crippen molar-refractivity contribution in [2.45, 2.75) is 31.7 Å². The maximum absolute atomic E-state index is 13.3. The maximum Gasteiger partial charge on any atom is 0.356 e. The number of anilines is 3. The number of aromatic nitrogens is 2. The van der Waals surface area contributed by atoms with Crippen LogP contribution < -0.4 is 10.6 Å². The highest BCUT2D eigenvalue weighted by molar-refractivity contribution is 5.88. The Hall–Kier alpha value is -2.77. The summed E-state index contributed by atoms with van der Waals surface area (Å²) in [4.78, 5) is 20.3. The molecule has 6 nitrogen and oxygen atoms in total. The zero-order valence-electron chi connectivity index (χ0n) is 13.7. The van der Waals surface area contributed by atoms with Crippen LogP contribution in [0.25, 0.3) is 0 Å². The summed E-state index contributed by atoms with van der Waals surface area (Å²) in [6.45, 7) is 0. The molecule has 1 aliphatic carbocycles. The van der Waals surface area contributed by atoms with Gasteiger partial charge in [0, 0.05) is 23.9 Å². The Labute approximate surface area is 143 Å². The Morgan fingerprint density at radius 1 is 1.12 bits per heavy atom. The van der Waals surface area contributed by atoms with Crippen molar-refractivity contribution >= 4 is 23.4 Å². The Kier molecular flexibility index (Phi) is 5.06. The van der Waals surface area contributed by atoms with Gasteiger partial charge in [0.25, 0.3) is 0 Å². The van der Waals surface area contributed by atoms with E-state index < -0.39 is 17.6 Å². The molecule has 0 amide bonds. The standard InChI is InChI=1S/C17H18F2N4O2/c1-25-16(24)14-9-15(20-13-7-10(18)6-11(19)8-13)23-17(22-14)21-12-4-2-3-5-12/h6-9,12H,2-5H2,1H3,(H2,20,21,22,23). The normalized spacial score (nSPS) is 14.4. The second-order valence-electron chi connectivity index (χ2n) is 5.86. The van der Waals surface area contributed by atoms with Gasteiger partial charge in [0.15, 0.2) is 5.69 Å².